The van der Waals surface area contributed by atoms with Gasteiger partial charge in [0.2, 0.25) is 11.8 Å². The number of nitrogens with zero attached hydrogens (tertiary/aromatic N) is 1. The molecule has 0 spiro atoms. The van der Waals surface area contributed by atoms with E-state index in [0.717, 1.165) is 11.1 Å². The van der Waals surface area contributed by atoms with Crippen LogP contribution >= 0.6 is 0 Å². The highest BCUT2D eigenvalue weighted by Crippen LogP contribution is 2.16. The summed E-state index contributed by atoms with van der Waals surface area (Å²) in [4.78, 5) is 26.0. The third-order valence-corrected chi connectivity index (χ3v) is 3.95. The number of rotatable bonds is 8. The molecule has 25 heavy (non-hydrogen) atoms. The highest BCUT2D eigenvalue weighted by molar-refractivity contribution is 5.85. The molecule has 2 amide bonds. The number of benzene rings is 2. The van der Waals surface area contributed by atoms with Gasteiger partial charge in [-0.2, -0.15) is 0 Å². The number of likely N-dealkylation sites (N-methyl/N-ethyl adjacent to an activating group) is 1. The van der Waals surface area contributed by atoms with Gasteiger partial charge >= 0.3 is 0 Å². The first kappa shape index (κ1) is 18.7. The Kier molecular flexibility index (Phi) is 7.16. The Balaban J connectivity index is 1.76. The van der Waals surface area contributed by atoms with Crippen molar-refractivity contribution in [3.63, 3.8) is 0 Å². The van der Waals surface area contributed by atoms with E-state index in [-0.39, 0.29) is 30.8 Å². The molecule has 0 radical (unpaired) electrons. The zero-order valence-electron chi connectivity index (χ0n) is 14.7. The van der Waals surface area contributed by atoms with Gasteiger partial charge in [-0.05, 0) is 25.2 Å². The number of amides is 2. The predicted molar refractivity (Wildman–Crippen MR) is 99.0 cm³/mol. The average Bonchev–Trinajstić information content (AvgIpc) is 2.61. The molecular formula is C20H25N3O2. The van der Waals surface area contributed by atoms with Crippen molar-refractivity contribution in [3.05, 3.63) is 71.8 Å². The molecule has 2 N–H and O–H groups in total. The van der Waals surface area contributed by atoms with E-state index in [1.807, 2.05) is 74.8 Å². The van der Waals surface area contributed by atoms with Gasteiger partial charge in [0.25, 0.3) is 0 Å². The molecule has 0 aromatic heterocycles. The van der Waals surface area contributed by atoms with Crippen molar-refractivity contribution in [2.24, 2.45) is 0 Å². The Morgan fingerprint density at radius 2 is 1.48 bits per heavy atom. The van der Waals surface area contributed by atoms with Crippen molar-refractivity contribution in [2.45, 2.75) is 12.5 Å². The molecule has 0 saturated carbocycles. The Morgan fingerprint density at radius 1 is 0.880 bits per heavy atom. The van der Waals surface area contributed by atoms with E-state index in [9.17, 15) is 9.59 Å². The van der Waals surface area contributed by atoms with Gasteiger partial charge in [0, 0.05) is 6.54 Å². The molecule has 0 unspecified atom stereocenters. The first-order chi connectivity index (χ1) is 12.1. The topological polar surface area (TPSA) is 61.4 Å². The monoisotopic (exact) mass is 339 g/mol. The quantitative estimate of drug-likeness (QED) is 0.770. The van der Waals surface area contributed by atoms with E-state index in [4.69, 9.17) is 0 Å². The van der Waals surface area contributed by atoms with Crippen molar-refractivity contribution in [1.82, 2.24) is 15.5 Å². The molecule has 2 aromatic rings. The van der Waals surface area contributed by atoms with E-state index in [2.05, 4.69) is 15.5 Å². The summed E-state index contributed by atoms with van der Waals surface area (Å²) >= 11 is 0. The zero-order chi connectivity index (χ0) is 18.1. The maximum absolute atomic E-state index is 12.0. The summed E-state index contributed by atoms with van der Waals surface area (Å²) in [6.45, 7) is 0.477. The smallest absolute Gasteiger partial charge is 0.239 e. The summed E-state index contributed by atoms with van der Waals surface area (Å²) in [5.74, 6) is -0.349. The first-order valence-electron chi connectivity index (χ1n) is 8.35. The van der Waals surface area contributed by atoms with Gasteiger partial charge in [-0.25, -0.2) is 0 Å². The van der Waals surface area contributed by atoms with Gasteiger partial charge in [0.05, 0.1) is 19.0 Å². The largest absolute Gasteiger partial charge is 0.353 e. The zero-order valence-corrected chi connectivity index (χ0v) is 14.7. The van der Waals surface area contributed by atoms with Gasteiger partial charge in [-0.1, -0.05) is 60.7 Å². The number of carbonyl (C=O) groups excluding carboxylic acids is 2. The summed E-state index contributed by atoms with van der Waals surface area (Å²) in [5.41, 5.74) is 2.07. The molecule has 0 saturated heterocycles. The van der Waals surface area contributed by atoms with Crippen LogP contribution < -0.4 is 10.6 Å². The van der Waals surface area contributed by atoms with Crippen LogP contribution in [0.25, 0.3) is 0 Å². The van der Waals surface area contributed by atoms with Gasteiger partial charge < -0.3 is 15.5 Å². The second-order valence-corrected chi connectivity index (χ2v) is 6.13. The van der Waals surface area contributed by atoms with Crippen molar-refractivity contribution in [2.75, 3.05) is 27.2 Å². The standard InChI is InChI=1S/C20H25N3O2/c1-23(2)18(17-11-7-4-8-12-17)14-21-20(25)15-22-19(24)13-16-9-5-3-6-10-16/h3-12,18H,13-15H2,1-2H3,(H,21,25)(H,22,24)/t18-/m1/s1. The number of nitrogens with one attached hydrogen (secondary N) is 2. The summed E-state index contributed by atoms with van der Waals surface area (Å²) in [6, 6.07) is 19.6. The Labute approximate surface area is 149 Å². The molecule has 5 nitrogen and oxygen atoms in total. The lowest BCUT2D eigenvalue weighted by Gasteiger charge is -2.25. The Bertz CT molecular complexity index is 672. The van der Waals surface area contributed by atoms with Gasteiger partial charge in [-0.3, -0.25) is 9.59 Å². The van der Waals surface area contributed by atoms with E-state index in [1.54, 1.807) is 0 Å². The summed E-state index contributed by atoms with van der Waals surface area (Å²) in [5, 5.41) is 5.55. The van der Waals surface area contributed by atoms with Gasteiger partial charge in [-0.15, -0.1) is 0 Å². The van der Waals surface area contributed by atoms with Crippen LogP contribution in [0.1, 0.15) is 17.2 Å². The summed E-state index contributed by atoms with van der Waals surface area (Å²) in [6.07, 6.45) is 0.276. The molecule has 2 rings (SSSR count). The molecule has 5 heteroatoms. The number of carbonyl (C=O) groups is 2. The van der Waals surface area contributed by atoms with Crippen molar-refractivity contribution < 1.29 is 9.59 Å². The highest BCUT2D eigenvalue weighted by Gasteiger charge is 2.15. The second kappa shape index (κ2) is 9.59. The van der Waals surface area contributed by atoms with Crippen LogP contribution in [0.5, 0.6) is 0 Å². The fourth-order valence-corrected chi connectivity index (χ4v) is 2.57. The van der Waals surface area contributed by atoms with Crippen LogP contribution in [-0.4, -0.2) is 43.9 Å². The van der Waals surface area contributed by atoms with Gasteiger partial charge in [0.15, 0.2) is 0 Å². The molecular weight excluding hydrogens is 314 g/mol. The summed E-state index contributed by atoms with van der Waals surface area (Å²) < 4.78 is 0. The number of hydrogen-bond donors (Lipinski definition) is 2. The molecule has 0 bridgehead atoms. The Morgan fingerprint density at radius 3 is 2.08 bits per heavy atom. The lowest BCUT2D eigenvalue weighted by atomic mass is 10.1. The molecule has 0 aliphatic carbocycles. The maximum Gasteiger partial charge on any atom is 0.239 e. The van der Waals surface area contributed by atoms with Crippen LogP contribution in [0.15, 0.2) is 60.7 Å². The minimum Gasteiger partial charge on any atom is -0.353 e. The predicted octanol–water partition coefficient (Wildman–Crippen LogP) is 1.76. The van der Waals surface area contributed by atoms with Gasteiger partial charge in [0.1, 0.15) is 0 Å². The fraction of sp³-hybridized carbons (Fsp3) is 0.300. The van der Waals surface area contributed by atoms with Crippen LogP contribution in [0, 0.1) is 0 Å². The highest BCUT2D eigenvalue weighted by atomic mass is 16.2. The normalized spacial score (nSPS) is 11.8. The van der Waals surface area contributed by atoms with Crippen LogP contribution in [0.3, 0.4) is 0 Å². The average molecular weight is 339 g/mol. The van der Waals surface area contributed by atoms with E-state index < -0.39 is 0 Å². The number of hydrogen-bond acceptors (Lipinski definition) is 3. The minimum absolute atomic E-state index is 0.0133. The SMILES string of the molecule is CN(C)[C@H](CNC(=O)CNC(=O)Cc1ccccc1)c1ccccc1. The van der Waals surface area contributed by atoms with E-state index in [1.165, 1.54) is 0 Å². The molecule has 2 aromatic carbocycles. The van der Waals surface area contributed by atoms with E-state index >= 15 is 0 Å². The first-order valence-corrected chi connectivity index (χ1v) is 8.35. The summed E-state index contributed by atoms with van der Waals surface area (Å²) in [7, 11) is 3.96. The molecule has 132 valence electrons. The maximum atomic E-state index is 12.0. The van der Waals surface area contributed by atoms with Crippen molar-refractivity contribution in [1.29, 1.82) is 0 Å². The lowest BCUT2D eigenvalue weighted by Crippen LogP contribution is -2.41. The third kappa shape index (κ3) is 6.39. The molecule has 1 atom stereocenters. The molecule has 0 heterocycles. The second-order valence-electron chi connectivity index (χ2n) is 6.13. The fourth-order valence-electron chi connectivity index (χ4n) is 2.57. The minimum atomic E-state index is -0.191. The van der Waals surface area contributed by atoms with Crippen molar-refractivity contribution >= 4 is 11.8 Å². The van der Waals surface area contributed by atoms with Crippen molar-refractivity contribution in [3.8, 4) is 0 Å². The molecule has 0 fully saturated rings. The molecule has 0 aliphatic heterocycles. The third-order valence-electron chi connectivity index (χ3n) is 3.95. The van der Waals surface area contributed by atoms with Crippen LogP contribution in [0.4, 0.5) is 0 Å². The Hall–Kier alpha value is -2.66. The van der Waals surface area contributed by atoms with Crippen LogP contribution in [-0.2, 0) is 16.0 Å². The van der Waals surface area contributed by atoms with Crippen LogP contribution in [0.2, 0.25) is 0 Å². The molecule has 0 aliphatic rings. The lowest BCUT2D eigenvalue weighted by molar-refractivity contribution is -0.125. The van der Waals surface area contributed by atoms with E-state index in [0.29, 0.717) is 6.54 Å².